The fourth-order valence-electron chi connectivity index (χ4n) is 1.73. The van der Waals surface area contributed by atoms with Gasteiger partial charge in [-0.1, -0.05) is 6.92 Å². The molecule has 0 bridgehead atoms. The van der Waals surface area contributed by atoms with E-state index in [1.165, 1.54) is 11.3 Å². The number of ether oxygens (including phenoxy) is 1. The van der Waals surface area contributed by atoms with Crippen LogP contribution in [0, 0.1) is 6.92 Å². The molecule has 0 aliphatic rings. The number of rotatable bonds is 5. The summed E-state index contributed by atoms with van der Waals surface area (Å²) in [5.41, 5.74) is 1.10. The standard InChI is InChI=1S/C14H15NO3S/c1-3-4-18-11-6-10(7-15-8-11)13-12(14(16)17)5-9(2)19-13/h5-8H,3-4H2,1-2H3,(H,16,17). The van der Waals surface area contributed by atoms with Crippen LogP contribution in [0.3, 0.4) is 0 Å². The van der Waals surface area contributed by atoms with Gasteiger partial charge in [0.15, 0.2) is 0 Å². The highest BCUT2D eigenvalue weighted by atomic mass is 32.1. The van der Waals surface area contributed by atoms with Crippen molar-refractivity contribution in [2.24, 2.45) is 0 Å². The fraction of sp³-hybridized carbons (Fsp3) is 0.286. The minimum absolute atomic E-state index is 0.317. The van der Waals surface area contributed by atoms with Crippen molar-refractivity contribution in [2.45, 2.75) is 20.3 Å². The van der Waals surface area contributed by atoms with Gasteiger partial charge in [-0.2, -0.15) is 0 Å². The second-order valence-electron chi connectivity index (χ2n) is 4.16. The van der Waals surface area contributed by atoms with Crippen molar-refractivity contribution >= 4 is 17.3 Å². The van der Waals surface area contributed by atoms with E-state index in [4.69, 9.17) is 4.74 Å². The van der Waals surface area contributed by atoms with Crippen LogP contribution in [0.15, 0.2) is 24.5 Å². The Morgan fingerprint density at radius 2 is 2.21 bits per heavy atom. The van der Waals surface area contributed by atoms with Crippen molar-refractivity contribution in [1.82, 2.24) is 4.98 Å². The summed E-state index contributed by atoms with van der Waals surface area (Å²) < 4.78 is 5.52. The van der Waals surface area contributed by atoms with Crippen molar-refractivity contribution < 1.29 is 14.6 Å². The second-order valence-corrected chi connectivity index (χ2v) is 5.42. The Balaban J connectivity index is 2.38. The lowest BCUT2D eigenvalue weighted by molar-refractivity contribution is 0.0698. The minimum Gasteiger partial charge on any atom is -0.492 e. The molecule has 2 rings (SSSR count). The van der Waals surface area contributed by atoms with Gasteiger partial charge in [0.1, 0.15) is 5.75 Å². The van der Waals surface area contributed by atoms with E-state index in [1.54, 1.807) is 18.5 Å². The number of nitrogens with zero attached hydrogens (tertiary/aromatic N) is 1. The highest BCUT2D eigenvalue weighted by molar-refractivity contribution is 7.15. The number of carboxylic acid groups (broad SMARTS) is 1. The zero-order valence-electron chi connectivity index (χ0n) is 10.8. The first-order valence-electron chi connectivity index (χ1n) is 6.03. The first-order valence-corrected chi connectivity index (χ1v) is 6.85. The van der Waals surface area contributed by atoms with E-state index >= 15 is 0 Å². The first kappa shape index (κ1) is 13.5. The molecule has 0 radical (unpaired) electrons. The van der Waals surface area contributed by atoms with Gasteiger partial charge in [0.25, 0.3) is 0 Å². The van der Waals surface area contributed by atoms with E-state index in [-0.39, 0.29) is 0 Å². The number of hydrogen-bond donors (Lipinski definition) is 1. The normalized spacial score (nSPS) is 10.4. The van der Waals surface area contributed by atoms with Crippen LogP contribution in [-0.4, -0.2) is 22.7 Å². The predicted octanol–water partition coefficient (Wildman–Crippen LogP) is 3.61. The Morgan fingerprint density at radius 3 is 2.89 bits per heavy atom. The number of pyridine rings is 1. The maximum Gasteiger partial charge on any atom is 0.337 e. The molecule has 2 heterocycles. The van der Waals surface area contributed by atoms with E-state index in [9.17, 15) is 9.90 Å². The van der Waals surface area contributed by atoms with E-state index in [0.29, 0.717) is 17.9 Å². The van der Waals surface area contributed by atoms with E-state index < -0.39 is 5.97 Å². The van der Waals surface area contributed by atoms with Gasteiger partial charge >= 0.3 is 5.97 Å². The highest BCUT2D eigenvalue weighted by Crippen LogP contribution is 2.33. The average molecular weight is 277 g/mol. The number of aryl methyl sites for hydroxylation is 1. The molecule has 0 amide bonds. The van der Waals surface area contributed by atoms with E-state index in [0.717, 1.165) is 21.7 Å². The molecule has 4 nitrogen and oxygen atoms in total. The Labute approximate surface area is 115 Å². The van der Waals surface area contributed by atoms with Crippen LogP contribution < -0.4 is 4.74 Å². The molecular weight excluding hydrogens is 262 g/mol. The second kappa shape index (κ2) is 5.84. The third-order valence-electron chi connectivity index (χ3n) is 2.53. The fourth-order valence-corrected chi connectivity index (χ4v) is 2.71. The van der Waals surface area contributed by atoms with Crippen LogP contribution in [0.2, 0.25) is 0 Å². The molecule has 1 N–H and O–H groups in total. The minimum atomic E-state index is -0.917. The maximum atomic E-state index is 11.2. The summed E-state index contributed by atoms with van der Waals surface area (Å²) in [5.74, 6) is -0.249. The summed E-state index contributed by atoms with van der Waals surface area (Å²) in [4.78, 5) is 17.0. The molecule has 0 saturated heterocycles. The van der Waals surface area contributed by atoms with Gasteiger partial charge in [-0.3, -0.25) is 4.98 Å². The highest BCUT2D eigenvalue weighted by Gasteiger charge is 2.16. The zero-order chi connectivity index (χ0) is 13.8. The van der Waals surface area contributed by atoms with Gasteiger partial charge in [-0.15, -0.1) is 11.3 Å². The Bertz CT molecular complexity index is 592. The molecule has 0 atom stereocenters. The SMILES string of the molecule is CCCOc1cncc(-c2sc(C)cc2C(=O)O)c1. The van der Waals surface area contributed by atoms with Gasteiger partial charge in [-0.25, -0.2) is 4.79 Å². The van der Waals surface area contributed by atoms with E-state index in [2.05, 4.69) is 4.98 Å². The third-order valence-corrected chi connectivity index (χ3v) is 3.63. The molecule has 0 spiro atoms. The van der Waals surface area contributed by atoms with Crippen LogP contribution >= 0.6 is 11.3 Å². The molecule has 0 fully saturated rings. The maximum absolute atomic E-state index is 11.2. The van der Waals surface area contributed by atoms with Crippen molar-refractivity contribution in [2.75, 3.05) is 6.61 Å². The van der Waals surface area contributed by atoms with Crippen LogP contribution in [-0.2, 0) is 0 Å². The number of aromatic carboxylic acids is 1. The van der Waals surface area contributed by atoms with Gasteiger partial charge in [0.2, 0.25) is 0 Å². The number of hydrogen-bond acceptors (Lipinski definition) is 4. The Kier molecular flexibility index (Phi) is 4.16. The molecule has 5 heteroatoms. The Hall–Kier alpha value is -1.88. The quantitative estimate of drug-likeness (QED) is 0.907. The van der Waals surface area contributed by atoms with Gasteiger partial charge in [0.05, 0.1) is 23.2 Å². The number of carboxylic acids is 1. The number of aromatic nitrogens is 1. The molecule has 0 saturated carbocycles. The lowest BCUT2D eigenvalue weighted by Gasteiger charge is -2.06. The van der Waals surface area contributed by atoms with Gasteiger partial charge in [0, 0.05) is 16.6 Å². The molecule has 100 valence electrons. The zero-order valence-corrected chi connectivity index (χ0v) is 11.7. The summed E-state index contributed by atoms with van der Waals surface area (Å²) in [6, 6.07) is 3.52. The van der Waals surface area contributed by atoms with Crippen molar-refractivity contribution in [3.05, 3.63) is 35.0 Å². The first-order chi connectivity index (χ1) is 9.11. The molecule has 2 aromatic rings. The molecular formula is C14H15NO3S. The summed E-state index contributed by atoms with van der Waals surface area (Å²) in [7, 11) is 0. The molecule has 0 aliphatic heterocycles. The summed E-state index contributed by atoms with van der Waals surface area (Å²) in [6.45, 7) is 4.55. The van der Waals surface area contributed by atoms with Crippen LogP contribution in [0.25, 0.3) is 10.4 Å². The smallest absolute Gasteiger partial charge is 0.337 e. The van der Waals surface area contributed by atoms with Crippen molar-refractivity contribution in [1.29, 1.82) is 0 Å². The summed E-state index contributed by atoms with van der Waals surface area (Å²) in [6.07, 6.45) is 4.22. The summed E-state index contributed by atoms with van der Waals surface area (Å²) >= 11 is 1.45. The Morgan fingerprint density at radius 1 is 1.42 bits per heavy atom. The topological polar surface area (TPSA) is 59.4 Å². The number of thiophene rings is 1. The molecule has 2 aromatic heterocycles. The summed E-state index contributed by atoms with van der Waals surface area (Å²) in [5, 5.41) is 9.21. The van der Waals surface area contributed by atoms with Gasteiger partial charge < -0.3 is 9.84 Å². The van der Waals surface area contributed by atoms with Crippen molar-refractivity contribution in [3.63, 3.8) is 0 Å². The predicted molar refractivity (Wildman–Crippen MR) is 75.0 cm³/mol. The lowest BCUT2D eigenvalue weighted by atomic mass is 10.1. The van der Waals surface area contributed by atoms with Crippen LogP contribution in [0.5, 0.6) is 5.75 Å². The third kappa shape index (κ3) is 3.12. The van der Waals surface area contributed by atoms with E-state index in [1.807, 2.05) is 19.9 Å². The monoisotopic (exact) mass is 277 g/mol. The molecule has 19 heavy (non-hydrogen) atoms. The lowest BCUT2D eigenvalue weighted by Crippen LogP contribution is -1.97. The molecule has 0 aromatic carbocycles. The van der Waals surface area contributed by atoms with Crippen molar-refractivity contribution in [3.8, 4) is 16.2 Å². The van der Waals surface area contributed by atoms with Crippen LogP contribution in [0.4, 0.5) is 0 Å². The van der Waals surface area contributed by atoms with Crippen LogP contribution in [0.1, 0.15) is 28.6 Å². The number of carbonyl (C=O) groups is 1. The molecule has 0 unspecified atom stereocenters. The average Bonchev–Trinajstić information content (AvgIpc) is 2.79. The largest absolute Gasteiger partial charge is 0.492 e. The molecule has 0 aliphatic carbocycles. The van der Waals surface area contributed by atoms with Gasteiger partial charge in [-0.05, 0) is 25.5 Å².